The van der Waals surface area contributed by atoms with Crippen molar-refractivity contribution in [3.8, 4) is 5.75 Å². The molecule has 0 aromatic heterocycles. The minimum absolute atomic E-state index is 0.118. The Morgan fingerprint density at radius 1 is 1.41 bits per heavy atom. The Labute approximate surface area is 159 Å². The maximum absolute atomic E-state index is 13.1. The van der Waals surface area contributed by atoms with Gasteiger partial charge in [0.05, 0.1) is 24.2 Å². The maximum Gasteiger partial charge on any atom is 0.317 e. The molecule has 0 radical (unpaired) electrons. The third-order valence-electron chi connectivity index (χ3n) is 4.69. The zero-order valence-corrected chi connectivity index (χ0v) is 16.7. The predicted molar refractivity (Wildman–Crippen MR) is 98.5 cm³/mol. The van der Waals surface area contributed by atoms with Crippen LogP contribution in [-0.2, 0) is 26.0 Å². The van der Waals surface area contributed by atoms with E-state index in [9.17, 15) is 13.2 Å². The zero-order chi connectivity index (χ0) is 19.8. The fourth-order valence-corrected chi connectivity index (χ4v) is 5.07. The Morgan fingerprint density at radius 3 is 2.85 bits per heavy atom. The molecule has 150 valence electrons. The summed E-state index contributed by atoms with van der Waals surface area (Å²) in [6, 6.07) is 4.99. The normalized spacial score (nSPS) is 22.4. The molecule has 9 heteroatoms. The number of carboxylic acids is 1. The van der Waals surface area contributed by atoms with Gasteiger partial charge in [0.15, 0.2) is 0 Å². The van der Waals surface area contributed by atoms with E-state index in [0.29, 0.717) is 13.0 Å². The summed E-state index contributed by atoms with van der Waals surface area (Å²) >= 11 is 0. The lowest BCUT2D eigenvalue weighted by molar-refractivity contribution is -0.138. The molecule has 1 unspecified atom stereocenters. The molecule has 1 saturated heterocycles. The number of nitrogens with zero attached hydrogens (tertiary/aromatic N) is 2. The summed E-state index contributed by atoms with van der Waals surface area (Å²) < 4.78 is 39.0. The highest BCUT2D eigenvalue weighted by molar-refractivity contribution is 7.89. The van der Waals surface area contributed by atoms with E-state index in [2.05, 4.69) is 0 Å². The van der Waals surface area contributed by atoms with E-state index in [1.807, 2.05) is 13.8 Å². The summed E-state index contributed by atoms with van der Waals surface area (Å²) in [4.78, 5) is 12.7. The molecule has 0 aliphatic carbocycles. The number of fused-ring (bicyclic) bond motifs is 1. The van der Waals surface area contributed by atoms with E-state index in [4.69, 9.17) is 14.6 Å². The highest BCUT2D eigenvalue weighted by Gasteiger charge is 2.34. The molecule has 0 saturated carbocycles. The van der Waals surface area contributed by atoms with Crippen LogP contribution in [0.25, 0.3) is 0 Å². The number of likely N-dealkylation sites (N-methyl/N-ethyl adjacent to an activating group) is 1. The van der Waals surface area contributed by atoms with Gasteiger partial charge in [-0.1, -0.05) is 0 Å². The van der Waals surface area contributed by atoms with E-state index in [-0.39, 0.29) is 42.8 Å². The van der Waals surface area contributed by atoms with Gasteiger partial charge in [0.25, 0.3) is 0 Å². The van der Waals surface area contributed by atoms with Gasteiger partial charge in [-0.25, -0.2) is 8.42 Å². The fourth-order valence-electron chi connectivity index (χ4n) is 3.56. The third kappa shape index (κ3) is 4.60. The monoisotopic (exact) mass is 398 g/mol. The van der Waals surface area contributed by atoms with Crippen LogP contribution in [0, 0.1) is 0 Å². The van der Waals surface area contributed by atoms with Crippen LogP contribution in [0.3, 0.4) is 0 Å². The van der Waals surface area contributed by atoms with Crippen molar-refractivity contribution in [1.29, 1.82) is 0 Å². The number of benzene rings is 1. The number of carbonyl (C=O) groups is 1. The molecule has 2 aliphatic rings. The van der Waals surface area contributed by atoms with Crippen LogP contribution in [-0.4, -0.2) is 80.2 Å². The van der Waals surface area contributed by atoms with Gasteiger partial charge in [-0.05, 0) is 44.7 Å². The minimum atomic E-state index is -3.65. The number of morpholine rings is 1. The van der Waals surface area contributed by atoms with Gasteiger partial charge in [-0.15, -0.1) is 0 Å². The zero-order valence-electron chi connectivity index (χ0n) is 15.8. The number of ether oxygens (including phenoxy) is 2. The Morgan fingerprint density at radius 2 is 2.15 bits per heavy atom. The van der Waals surface area contributed by atoms with Crippen molar-refractivity contribution < 1.29 is 27.8 Å². The van der Waals surface area contributed by atoms with E-state index in [1.54, 1.807) is 30.1 Å². The number of aliphatic carboxylic acids is 1. The van der Waals surface area contributed by atoms with Crippen molar-refractivity contribution >= 4 is 16.0 Å². The van der Waals surface area contributed by atoms with E-state index in [0.717, 1.165) is 11.3 Å². The molecule has 3 rings (SSSR count). The van der Waals surface area contributed by atoms with Crippen LogP contribution in [0.4, 0.5) is 0 Å². The summed E-state index contributed by atoms with van der Waals surface area (Å²) in [5, 5.41) is 8.86. The highest BCUT2D eigenvalue weighted by atomic mass is 32.2. The molecular weight excluding hydrogens is 372 g/mol. The van der Waals surface area contributed by atoms with Gasteiger partial charge >= 0.3 is 5.97 Å². The first-order valence-corrected chi connectivity index (χ1v) is 10.3. The third-order valence-corrected chi connectivity index (χ3v) is 6.56. The van der Waals surface area contributed by atoms with Crippen molar-refractivity contribution in [2.75, 3.05) is 39.8 Å². The smallest absolute Gasteiger partial charge is 0.317 e. The Hall–Kier alpha value is -1.68. The van der Waals surface area contributed by atoms with E-state index in [1.165, 1.54) is 4.31 Å². The van der Waals surface area contributed by atoms with Gasteiger partial charge in [-0.2, -0.15) is 4.31 Å². The van der Waals surface area contributed by atoms with Crippen LogP contribution in [0.1, 0.15) is 19.4 Å². The average Bonchev–Trinajstić information content (AvgIpc) is 2.87. The molecule has 1 atom stereocenters. The molecule has 1 N–H and O–H groups in total. The van der Waals surface area contributed by atoms with Gasteiger partial charge in [-0.3, -0.25) is 9.69 Å². The topological polar surface area (TPSA) is 96.4 Å². The lowest BCUT2D eigenvalue weighted by Crippen LogP contribution is -2.49. The second-order valence-corrected chi connectivity index (χ2v) is 9.69. The molecule has 1 fully saturated rings. The summed E-state index contributed by atoms with van der Waals surface area (Å²) in [7, 11) is -1.98. The SMILES string of the molecule is CN(CC(=O)O)CC1CN(S(=O)(=O)c2ccc3c(c2)CC(C)(C)O3)CCO1. The summed E-state index contributed by atoms with van der Waals surface area (Å²) in [5.41, 5.74) is 0.566. The van der Waals surface area contributed by atoms with Crippen LogP contribution < -0.4 is 4.74 Å². The van der Waals surface area contributed by atoms with E-state index >= 15 is 0 Å². The van der Waals surface area contributed by atoms with Crippen molar-refractivity contribution in [3.05, 3.63) is 23.8 Å². The number of hydrogen-bond donors (Lipinski definition) is 1. The summed E-state index contributed by atoms with van der Waals surface area (Å²) in [5.74, 6) is -0.199. The van der Waals surface area contributed by atoms with Gasteiger partial charge < -0.3 is 14.6 Å². The molecular formula is C18H26N2O6S. The number of rotatable bonds is 6. The molecule has 2 heterocycles. The summed E-state index contributed by atoms with van der Waals surface area (Å²) in [6.45, 7) is 4.94. The lowest BCUT2D eigenvalue weighted by Gasteiger charge is -2.33. The van der Waals surface area contributed by atoms with Crippen molar-refractivity contribution in [2.45, 2.75) is 36.9 Å². The lowest BCUT2D eigenvalue weighted by atomic mass is 10.0. The Balaban J connectivity index is 1.72. The Kier molecular flexibility index (Phi) is 5.49. The summed E-state index contributed by atoms with van der Waals surface area (Å²) in [6.07, 6.45) is 0.298. The molecule has 0 bridgehead atoms. The van der Waals surface area contributed by atoms with Crippen LogP contribution >= 0.6 is 0 Å². The van der Waals surface area contributed by atoms with Crippen LogP contribution in [0.15, 0.2) is 23.1 Å². The van der Waals surface area contributed by atoms with Crippen LogP contribution in [0.5, 0.6) is 5.75 Å². The molecule has 1 aromatic rings. The molecule has 8 nitrogen and oxygen atoms in total. The van der Waals surface area contributed by atoms with Gasteiger partial charge in [0.2, 0.25) is 10.0 Å². The molecule has 0 amide bonds. The fraction of sp³-hybridized carbons (Fsp3) is 0.611. The number of sulfonamides is 1. The highest BCUT2D eigenvalue weighted by Crippen LogP contribution is 2.36. The number of hydrogen-bond acceptors (Lipinski definition) is 6. The van der Waals surface area contributed by atoms with Gasteiger partial charge in [0, 0.05) is 26.1 Å². The molecule has 1 aromatic carbocycles. The minimum Gasteiger partial charge on any atom is -0.487 e. The second-order valence-electron chi connectivity index (χ2n) is 7.75. The van der Waals surface area contributed by atoms with Crippen molar-refractivity contribution in [1.82, 2.24) is 9.21 Å². The van der Waals surface area contributed by atoms with E-state index < -0.39 is 16.0 Å². The van der Waals surface area contributed by atoms with Crippen molar-refractivity contribution in [2.24, 2.45) is 0 Å². The van der Waals surface area contributed by atoms with Gasteiger partial charge in [0.1, 0.15) is 11.4 Å². The van der Waals surface area contributed by atoms with Crippen molar-refractivity contribution in [3.63, 3.8) is 0 Å². The molecule has 2 aliphatic heterocycles. The predicted octanol–water partition coefficient (Wildman–Crippen LogP) is 0.806. The molecule has 27 heavy (non-hydrogen) atoms. The first-order valence-electron chi connectivity index (χ1n) is 8.91. The Bertz CT molecular complexity index is 823. The number of carboxylic acid groups (broad SMARTS) is 1. The quantitative estimate of drug-likeness (QED) is 0.757. The first kappa shape index (κ1) is 20.1. The first-order chi connectivity index (χ1) is 12.6. The average molecular weight is 398 g/mol. The maximum atomic E-state index is 13.1. The second kappa shape index (κ2) is 7.38. The largest absolute Gasteiger partial charge is 0.487 e. The van der Waals surface area contributed by atoms with Crippen LogP contribution in [0.2, 0.25) is 0 Å². The molecule has 0 spiro atoms. The standard InChI is InChI=1S/C18H26N2O6S/c1-18(2)9-13-8-15(4-5-16(13)26-18)27(23,24)20-6-7-25-14(11-20)10-19(3)12-17(21)22/h4-5,8,14H,6-7,9-12H2,1-3H3,(H,21,22).